The number of hydrogen-bond donors (Lipinski definition) is 0. The van der Waals surface area contributed by atoms with Crippen LogP contribution >= 0.6 is 0 Å². The fraction of sp³-hybridized carbons (Fsp3) is 0.700. The fourth-order valence-corrected chi connectivity index (χ4v) is 1.02. The number of carbonyl (C=O) groups excluding carboxylic acids is 1. The van der Waals surface area contributed by atoms with Crippen LogP contribution in [0.2, 0.25) is 0 Å². The zero-order valence-electron chi connectivity index (χ0n) is 8.44. The molecule has 0 amide bonds. The minimum Gasteiger partial charge on any atom is -0.463 e. The molecule has 0 spiro atoms. The lowest BCUT2D eigenvalue weighted by atomic mass is 10.1. The summed E-state index contributed by atoms with van der Waals surface area (Å²) in [7, 11) is 0. The molecule has 0 atom stereocenters. The number of rotatable bonds is 4. The van der Waals surface area contributed by atoms with Gasteiger partial charge in [-0.1, -0.05) is 18.9 Å². The summed E-state index contributed by atoms with van der Waals surface area (Å²) in [4.78, 5) is 11.3. The molecule has 2 heteroatoms. The molecule has 0 bridgehead atoms. The van der Waals surface area contributed by atoms with Crippen LogP contribution in [0.5, 0.6) is 0 Å². The second-order valence-electron chi connectivity index (χ2n) is 2.95. The summed E-state index contributed by atoms with van der Waals surface area (Å²) in [6.45, 7) is 8.23. The first-order valence-corrected chi connectivity index (χ1v) is 4.46. The molecule has 0 saturated carbocycles. The first-order chi connectivity index (χ1) is 5.63. The number of hydrogen-bond acceptors (Lipinski definition) is 2. The molecule has 70 valence electrons. The lowest BCUT2D eigenvalue weighted by Gasteiger charge is -2.07. The molecule has 0 aliphatic rings. The molecule has 0 heterocycles. The van der Waals surface area contributed by atoms with Crippen molar-refractivity contribution in [3.63, 3.8) is 0 Å². The number of allylic oxidation sites excluding steroid dienone is 1. The van der Waals surface area contributed by atoms with Gasteiger partial charge in [0.1, 0.15) is 0 Å². The second-order valence-corrected chi connectivity index (χ2v) is 2.95. The molecule has 0 aromatic carbocycles. The Balaban J connectivity index is 4.32. The van der Waals surface area contributed by atoms with Crippen molar-refractivity contribution >= 4 is 5.97 Å². The third-order valence-electron chi connectivity index (χ3n) is 1.63. The Kier molecular flexibility index (Phi) is 5.43. The van der Waals surface area contributed by atoms with E-state index in [0.29, 0.717) is 6.61 Å². The first-order valence-electron chi connectivity index (χ1n) is 4.46. The van der Waals surface area contributed by atoms with Gasteiger partial charge < -0.3 is 4.74 Å². The Labute approximate surface area is 74.6 Å². The van der Waals surface area contributed by atoms with Crippen LogP contribution in [-0.4, -0.2) is 12.6 Å². The molecule has 12 heavy (non-hydrogen) atoms. The molecule has 0 aromatic heterocycles. The van der Waals surface area contributed by atoms with Crippen LogP contribution in [-0.2, 0) is 9.53 Å². The van der Waals surface area contributed by atoms with E-state index in [1.165, 1.54) is 0 Å². The van der Waals surface area contributed by atoms with Gasteiger partial charge >= 0.3 is 5.97 Å². The maximum absolute atomic E-state index is 11.3. The summed E-state index contributed by atoms with van der Waals surface area (Å²) in [5.74, 6) is -0.153. The first kappa shape index (κ1) is 11.2. The highest BCUT2D eigenvalue weighted by atomic mass is 16.5. The van der Waals surface area contributed by atoms with Crippen LogP contribution < -0.4 is 0 Å². The van der Waals surface area contributed by atoms with Crippen LogP contribution in [0.3, 0.4) is 0 Å². The standard InChI is InChI=1S/C10H18O2/c1-5-7-9(8(3)4)10(11)12-6-2/h5-7H2,1-4H3. The molecule has 0 aliphatic carbocycles. The topological polar surface area (TPSA) is 26.3 Å². The van der Waals surface area contributed by atoms with Gasteiger partial charge in [-0.3, -0.25) is 0 Å². The Morgan fingerprint density at radius 1 is 1.25 bits per heavy atom. The Bertz CT molecular complexity index is 176. The van der Waals surface area contributed by atoms with Crippen LogP contribution in [0, 0.1) is 0 Å². The maximum Gasteiger partial charge on any atom is 0.333 e. The summed E-state index contributed by atoms with van der Waals surface area (Å²) < 4.78 is 4.92. The van der Waals surface area contributed by atoms with Gasteiger partial charge in [0.15, 0.2) is 0 Å². The number of ether oxygens (including phenoxy) is 1. The van der Waals surface area contributed by atoms with Crippen molar-refractivity contribution in [1.29, 1.82) is 0 Å². The molecule has 0 unspecified atom stereocenters. The molecule has 0 fully saturated rings. The van der Waals surface area contributed by atoms with Crippen LogP contribution in [0.15, 0.2) is 11.1 Å². The van der Waals surface area contributed by atoms with Crippen molar-refractivity contribution < 1.29 is 9.53 Å². The van der Waals surface area contributed by atoms with E-state index in [1.807, 2.05) is 20.8 Å². The van der Waals surface area contributed by atoms with Crippen molar-refractivity contribution in [1.82, 2.24) is 0 Å². The van der Waals surface area contributed by atoms with Crippen molar-refractivity contribution in [2.45, 2.75) is 40.5 Å². The quantitative estimate of drug-likeness (QED) is 0.479. The van der Waals surface area contributed by atoms with E-state index < -0.39 is 0 Å². The SMILES string of the molecule is CCCC(C(=O)OCC)=C(C)C. The molecular formula is C10H18O2. The molecule has 0 aromatic rings. The highest BCUT2D eigenvalue weighted by molar-refractivity contribution is 5.89. The van der Waals surface area contributed by atoms with Crippen molar-refractivity contribution in [3.05, 3.63) is 11.1 Å². The van der Waals surface area contributed by atoms with E-state index >= 15 is 0 Å². The van der Waals surface area contributed by atoms with E-state index in [2.05, 4.69) is 6.92 Å². The largest absolute Gasteiger partial charge is 0.463 e. The fourth-order valence-electron chi connectivity index (χ4n) is 1.02. The van der Waals surface area contributed by atoms with Gasteiger partial charge in [-0.2, -0.15) is 0 Å². The average molecular weight is 170 g/mol. The highest BCUT2D eigenvalue weighted by Crippen LogP contribution is 2.12. The monoisotopic (exact) mass is 170 g/mol. The van der Waals surface area contributed by atoms with E-state index in [4.69, 9.17) is 4.74 Å². The van der Waals surface area contributed by atoms with Crippen LogP contribution in [0.4, 0.5) is 0 Å². The number of esters is 1. The Morgan fingerprint density at radius 3 is 2.17 bits per heavy atom. The zero-order chi connectivity index (χ0) is 9.56. The summed E-state index contributed by atoms with van der Waals surface area (Å²) in [5, 5.41) is 0. The molecule has 0 rings (SSSR count). The number of carbonyl (C=O) groups is 1. The van der Waals surface area contributed by atoms with Gasteiger partial charge in [0.25, 0.3) is 0 Å². The lowest BCUT2D eigenvalue weighted by molar-refractivity contribution is -0.138. The summed E-state index contributed by atoms with van der Waals surface area (Å²) in [5.41, 5.74) is 1.90. The van der Waals surface area contributed by atoms with Gasteiger partial charge in [0, 0.05) is 5.57 Å². The normalized spacial score (nSPS) is 9.33. The van der Waals surface area contributed by atoms with Gasteiger partial charge in [-0.25, -0.2) is 4.79 Å². The van der Waals surface area contributed by atoms with Crippen molar-refractivity contribution in [2.75, 3.05) is 6.61 Å². The maximum atomic E-state index is 11.3. The minimum atomic E-state index is -0.153. The van der Waals surface area contributed by atoms with Gasteiger partial charge in [0.2, 0.25) is 0 Å². The summed E-state index contributed by atoms with van der Waals surface area (Å²) in [6, 6.07) is 0. The molecule has 2 nitrogen and oxygen atoms in total. The minimum absolute atomic E-state index is 0.153. The average Bonchev–Trinajstić information content (AvgIpc) is 1.99. The van der Waals surface area contributed by atoms with E-state index in [0.717, 1.165) is 24.0 Å². The predicted molar refractivity (Wildman–Crippen MR) is 49.9 cm³/mol. The van der Waals surface area contributed by atoms with Crippen LogP contribution in [0.1, 0.15) is 40.5 Å². The summed E-state index contributed by atoms with van der Waals surface area (Å²) >= 11 is 0. The van der Waals surface area contributed by atoms with Crippen LogP contribution in [0.25, 0.3) is 0 Å². The van der Waals surface area contributed by atoms with Gasteiger partial charge in [-0.05, 0) is 27.2 Å². The van der Waals surface area contributed by atoms with Gasteiger partial charge in [-0.15, -0.1) is 0 Å². The molecule has 0 aliphatic heterocycles. The van der Waals surface area contributed by atoms with E-state index in [9.17, 15) is 4.79 Å². The predicted octanol–water partition coefficient (Wildman–Crippen LogP) is 2.69. The third kappa shape index (κ3) is 3.56. The molecule has 0 saturated heterocycles. The zero-order valence-corrected chi connectivity index (χ0v) is 8.44. The van der Waals surface area contributed by atoms with Crippen molar-refractivity contribution in [3.8, 4) is 0 Å². The third-order valence-corrected chi connectivity index (χ3v) is 1.63. The second kappa shape index (κ2) is 5.81. The molecule has 0 radical (unpaired) electrons. The smallest absolute Gasteiger partial charge is 0.333 e. The highest BCUT2D eigenvalue weighted by Gasteiger charge is 2.10. The van der Waals surface area contributed by atoms with E-state index in [1.54, 1.807) is 0 Å². The molecule has 0 N–H and O–H groups in total. The summed E-state index contributed by atoms with van der Waals surface area (Å²) in [6.07, 6.45) is 1.81. The van der Waals surface area contributed by atoms with E-state index in [-0.39, 0.29) is 5.97 Å². The van der Waals surface area contributed by atoms with Crippen molar-refractivity contribution in [2.24, 2.45) is 0 Å². The molecular weight excluding hydrogens is 152 g/mol. The Morgan fingerprint density at radius 2 is 1.83 bits per heavy atom. The lowest BCUT2D eigenvalue weighted by Crippen LogP contribution is -2.08. The van der Waals surface area contributed by atoms with Gasteiger partial charge in [0.05, 0.1) is 6.61 Å². The Hall–Kier alpha value is -0.790.